The van der Waals surface area contributed by atoms with E-state index in [2.05, 4.69) is 16.4 Å². The van der Waals surface area contributed by atoms with Crippen molar-refractivity contribution in [1.29, 1.82) is 0 Å². The van der Waals surface area contributed by atoms with Gasteiger partial charge in [-0.2, -0.15) is 9.78 Å². The Kier molecular flexibility index (Phi) is 3.75. The molecule has 0 saturated heterocycles. The molecule has 3 aromatic heterocycles. The van der Waals surface area contributed by atoms with Crippen LogP contribution in [0, 0.1) is 0 Å². The van der Waals surface area contributed by atoms with Crippen LogP contribution in [0.25, 0.3) is 25.6 Å². The Morgan fingerprint density at radius 1 is 1.07 bits per heavy atom. The Hall–Kier alpha value is -3.10. The van der Waals surface area contributed by atoms with Crippen LogP contribution in [0.4, 0.5) is 5.82 Å². The summed E-state index contributed by atoms with van der Waals surface area (Å²) in [5, 5.41) is 8.68. The van der Waals surface area contributed by atoms with E-state index in [0.29, 0.717) is 5.56 Å². The molecule has 0 saturated carbocycles. The molecule has 3 heterocycles. The second-order valence-electron chi connectivity index (χ2n) is 6.99. The smallest absolute Gasteiger partial charge is 0.256 e. The van der Waals surface area contributed by atoms with Gasteiger partial charge in [0, 0.05) is 11.1 Å². The van der Waals surface area contributed by atoms with Crippen LogP contribution in [0.5, 0.6) is 0 Å². The van der Waals surface area contributed by atoms with Crippen LogP contribution in [0.3, 0.4) is 0 Å². The number of fused-ring (bicyclic) bond motifs is 3. The second kappa shape index (κ2) is 6.47. The van der Waals surface area contributed by atoms with E-state index in [4.69, 9.17) is 10.1 Å². The molecule has 0 atom stereocenters. The number of carbonyl (C=O) groups excluding carboxylic acids is 1. The number of amides is 1. The number of nitrogens with one attached hydrogen (secondary N) is 1. The zero-order chi connectivity index (χ0) is 19.4. The number of para-hydroxylation sites is 1. The first-order valence-electron chi connectivity index (χ1n) is 9.37. The summed E-state index contributed by atoms with van der Waals surface area (Å²) in [5.74, 6) is 0.600. The summed E-state index contributed by atoms with van der Waals surface area (Å²) in [6.45, 7) is 0. The first-order chi connectivity index (χ1) is 14.3. The first kappa shape index (κ1) is 16.8. The van der Waals surface area contributed by atoms with Crippen molar-refractivity contribution in [2.75, 3.05) is 5.32 Å². The summed E-state index contributed by atoms with van der Waals surface area (Å²) in [4.78, 5) is 22.1. The van der Waals surface area contributed by atoms with Gasteiger partial charge in [0.15, 0.2) is 0 Å². The van der Waals surface area contributed by atoms with E-state index in [-0.39, 0.29) is 5.91 Å². The molecule has 1 N–H and O–H groups in total. The molecule has 0 radical (unpaired) electrons. The molecule has 142 valence electrons. The Morgan fingerprint density at radius 2 is 2.00 bits per heavy atom. The minimum atomic E-state index is -0.141. The standard InChI is InChI=1S/C21H15N5OS2/c27-20(12-8-9-15-18(10-12)28-11-22-15)24-19-13-4-3-6-14(13)25-26(19)21-23-16-5-1-2-7-17(16)29-21/h1-2,5,7-11H,3-4,6H2,(H,24,27). The van der Waals surface area contributed by atoms with Crippen LogP contribution in [0.15, 0.2) is 48.0 Å². The number of benzene rings is 2. The number of aryl methyl sites for hydroxylation is 1. The zero-order valence-corrected chi connectivity index (χ0v) is 16.9. The lowest BCUT2D eigenvalue weighted by Crippen LogP contribution is -2.16. The van der Waals surface area contributed by atoms with Gasteiger partial charge in [-0.1, -0.05) is 23.5 Å². The molecule has 29 heavy (non-hydrogen) atoms. The van der Waals surface area contributed by atoms with E-state index in [1.807, 2.05) is 36.4 Å². The maximum atomic E-state index is 13.0. The number of thiazole rings is 2. The van der Waals surface area contributed by atoms with Crippen LogP contribution in [0.1, 0.15) is 28.0 Å². The molecule has 2 aromatic carbocycles. The highest BCUT2D eigenvalue weighted by Gasteiger charge is 2.26. The van der Waals surface area contributed by atoms with E-state index in [1.165, 1.54) is 11.3 Å². The SMILES string of the molecule is O=C(Nc1c2c(nn1-c1nc3ccccc3s1)CCC2)c1ccc2ncsc2c1. The maximum absolute atomic E-state index is 13.0. The summed E-state index contributed by atoms with van der Waals surface area (Å²) >= 11 is 3.11. The van der Waals surface area contributed by atoms with E-state index < -0.39 is 0 Å². The molecule has 8 heteroatoms. The fraction of sp³-hybridized carbons (Fsp3) is 0.143. The van der Waals surface area contributed by atoms with E-state index >= 15 is 0 Å². The molecule has 0 bridgehead atoms. The molecule has 0 fully saturated rings. The Balaban J connectivity index is 1.42. The molecule has 0 unspecified atom stereocenters. The predicted octanol–water partition coefficient (Wildman–Crippen LogP) is 4.83. The van der Waals surface area contributed by atoms with Gasteiger partial charge in [0.25, 0.3) is 5.91 Å². The molecule has 1 aliphatic rings. The predicted molar refractivity (Wildman–Crippen MR) is 116 cm³/mol. The maximum Gasteiger partial charge on any atom is 0.256 e. The lowest BCUT2D eigenvalue weighted by atomic mass is 10.2. The molecule has 1 aliphatic carbocycles. The van der Waals surface area contributed by atoms with Gasteiger partial charge in [-0.25, -0.2) is 9.97 Å². The summed E-state index contributed by atoms with van der Waals surface area (Å²) in [6.07, 6.45) is 2.92. The molecule has 5 aromatic rings. The molecule has 0 spiro atoms. The van der Waals surface area contributed by atoms with Gasteiger partial charge >= 0.3 is 0 Å². The van der Waals surface area contributed by atoms with Crippen molar-refractivity contribution in [3.63, 3.8) is 0 Å². The van der Waals surface area contributed by atoms with Crippen molar-refractivity contribution in [3.05, 3.63) is 64.8 Å². The molecular weight excluding hydrogens is 402 g/mol. The average Bonchev–Trinajstić information content (AvgIpc) is 3.50. The molecule has 1 amide bonds. The monoisotopic (exact) mass is 417 g/mol. The van der Waals surface area contributed by atoms with Crippen LogP contribution >= 0.6 is 22.7 Å². The van der Waals surface area contributed by atoms with Gasteiger partial charge in [-0.05, 0) is 49.6 Å². The van der Waals surface area contributed by atoms with Crippen molar-refractivity contribution in [3.8, 4) is 5.13 Å². The van der Waals surface area contributed by atoms with Crippen LogP contribution in [-0.2, 0) is 12.8 Å². The lowest BCUT2D eigenvalue weighted by molar-refractivity contribution is 0.102. The van der Waals surface area contributed by atoms with E-state index in [1.54, 1.807) is 21.5 Å². The third-order valence-electron chi connectivity index (χ3n) is 5.20. The third-order valence-corrected chi connectivity index (χ3v) is 7.00. The van der Waals surface area contributed by atoms with Crippen molar-refractivity contribution in [1.82, 2.24) is 19.7 Å². The summed E-state index contributed by atoms with van der Waals surface area (Å²) in [5.41, 5.74) is 6.43. The number of hydrogen-bond acceptors (Lipinski definition) is 6. The minimum Gasteiger partial charge on any atom is -0.306 e. The highest BCUT2D eigenvalue weighted by Crippen LogP contribution is 2.34. The Labute approximate surface area is 173 Å². The van der Waals surface area contributed by atoms with Crippen molar-refractivity contribution >= 4 is 54.8 Å². The fourth-order valence-electron chi connectivity index (χ4n) is 3.79. The largest absolute Gasteiger partial charge is 0.306 e. The lowest BCUT2D eigenvalue weighted by Gasteiger charge is -2.09. The Bertz CT molecular complexity index is 1360. The number of nitrogens with zero attached hydrogens (tertiary/aromatic N) is 4. The summed E-state index contributed by atoms with van der Waals surface area (Å²) in [6, 6.07) is 13.6. The topological polar surface area (TPSA) is 72.7 Å². The van der Waals surface area contributed by atoms with Gasteiger partial charge in [0.05, 0.1) is 31.6 Å². The van der Waals surface area contributed by atoms with Crippen molar-refractivity contribution in [2.45, 2.75) is 19.3 Å². The fourth-order valence-corrected chi connectivity index (χ4v) is 5.43. The molecular formula is C21H15N5OS2. The summed E-state index contributed by atoms with van der Waals surface area (Å²) < 4.78 is 3.91. The summed E-state index contributed by atoms with van der Waals surface area (Å²) in [7, 11) is 0. The van der Waals surface area contributed by atoms with Crippen LogP contribution in [-0.4, -0.2) is 25.7 Å². The van der Waals surface area contributed by atoms with E-state index in [9.17, 15) is 4.79 Å². The molecule has 6 nitrogen and oxygen atoms in total. The quantitative estimate of drug-likeness (QED) is 0.456. The third kappa shape index (κ3) is 2.75. The van der Waals surface area contributed by atoms with Gasteiger partial charge in [-0.3, -0.25) is 4.79 Å². The van der Waals surface area contributed by atoms with Gasteiger partial charge < -0.3 is 5.32 Å². The number of carbonyl (C=O) groups is 1. The Morgan fingerprint density at radius 3 is 2.93 bits per heavy atom. The van der Waals surface area contributed by atoms with Crippen LogP contribution < -0.4 is 5.32 Å². The number of aromatic nitrogens is 4. The average molecular weight is 418 g/mol. The van der Waals surface area contributed by atoms with Gasteiger partial charge in [0.2, 0.25) is 5.13 Å². The molecule has 6 rings (SSSR count). The number of anilines is 1. The number of rotatable bonds is 3. The molecule has 0 aliphatic heterocycles. The number of hydrogen-bond donors (Lipinski definition) is 1. The highest BCUT2D eigenvalue weighted by molar-refractivity contribution is 7.20. The minimum absolute atomic E-state index is 0.141. The first-order valence-corrected chi connectivity index (χ1v) is 11.1. The zero-order valence-electron chi connectivity index (χ0n) is 15.3. The second-order valence-corrected chi connectivity index (χ2v) is 8.89. The van der Waals surface area contributed by atoms with Crippen molar-refractivity contribution < 1.29 is 4.79 Å². The van der Waals surface area contributed by atoms with Gasteiger partial charge in [0.1, 0.15) is 5.82 Å². The van der Waals surface area contributed by atoms with Crippen molar-refractivity contribution in [2.24, 2.45) is 0 Å². The van der Waals surface area contributed by atoms with E-state index in [0.717, 1.165) is 61.9 Å². The van der Waals surface area contributed by atoms with Gasteiger partial charge in [-0.15, -0.1) is 11.3 Å². The highest BCUT2D eigenvalue weighted by atomic mass is 32.1. The normalized spacial score (nSPS) is 13.2. The van der Waals surface area contributed by atoms with Crippen LogP contribution in [0.2, 0.25) is 0 Å².